The quantitative estimate of drug-likeness (QED) is 0.655. The number of pyridine rings is 1. The molecule has 0 N–H and O–H groups in total. The minimum absolute atomic E-state index is 0.867. The first-order valence-corrected chi connectivity index (χ1v) is 4.39. The molecule has 0 fully saturated rings. The molecule has 0 saturated carbocycles. The monoisotopic (exact) mass is 182 g/mol. The van der Waals surface area contributed by atoms with E-state index < -0.39 is 0 Å². The van der Waals surface area contributed by atoms with Gasteiger partial charge in [0.15, 0.2) is 0 Å². The van der Waals surface area contributed by atoms with Crippen LogP contribution in [0, 0.1) is 0 Å². The van der Waals surface area contributed by atoms with Crippen LogP contribution in [0.5, 0.6) is 0 Å². The Morgan fingerprint density at radius 1 is 1.00 bits per heavy atom. The van der Waals surface area contributed by atoms with E-state index >= 15 is 0 Å². The topological polar surface area (TPSA) is 25.2 Å². The van der Waals surface area contributed by atoms with E-state index in [0.717, 1.165) is 16.9 Å². The molecule has 1 aromatic heterocycles. The summed E-state index contributed by atoms with van der Waals surface area (Å²) in [7, 11) is 0. The molecule has 68 valence electrons. The Kier molecular flexibility index (Phi) is 2.36. The van der Waals surface area contributed by atoms with Crippen LogP contribution in [0.3, 0.4) is 0 Å². The first kappa shape index (κ1) is 8.63. The van der Waals surface area contributed by atoms with Gasteiger partial charge in [0, 0.05) is 11.8 Å². The smallest absolute Gasteiger partial charge is 0.0723 e. The van der Waals surface area contributed by atoms with Crippen LogP contribution in [0.15, 0.2) is 53.7 Å². The molecule has 0 aliphatic carbocycles. The normalized spacial score (nSPS) is 9.71. The summed E-state index contributed by atoms with van der Waals surface area (Å²) in [6.07, 6.45) is 1.77. The average molecular weight is 182 g/mol. The van der Waals surface area contributed by atoms with Crippen LogP contribution in [0.25, 0.3) is 11.3 Å². The van der Waals surface area contributed by atoms with Crippen molar-refractivity contribution in [2.45, 2.75) is 0 Å². The van der Waals surface area contributed by atoms with Crippen molar-refractivity contribution in [3.63, 3.8) is 0 Å². The van der Waals surface area contributed by atoms with Crippen molar-refractivity contribution >= 4 is 12.4 Å². The SMILES string of the molecule is C=Nc1ccccc1-c1ccccn1. The lowest BCUT2D eigenvalue weighted by Gasteiger charge is -2.03. The van der Waals surface area contributed by atoms with E-state index in [2.05, 4.69) is 16.7 Å². The molecule has 14 heavy (non-hydrogen) atoms. The largest absolute Gasteiger partial charge is 0.264 e. The summed E-state index contributed by atoms with van der Waals surface area (Å²) in [5.74, 6) is 0. The molecule has 1 aromatic carbocycles. The van der Waals surface area contributed by atoms with Gasteiger partial charge in [-0.1, -0.05) is 24.3 Å². The second kappa shape index (κ2) is 3.83. The molecule has 2 nitrogen and oxygen atoms in total. The van der Waals surface area contributed by atoms with E-state index in [4.69, 9.17) is 0 Å². The van der Waals surface area contributed by atoms with Crippen LogP contribution in [-0.4, -0.2) is 11.7 Å². The molecule has 1 heterocycles. The lowest BCUT2D eigenvalue weighted by molar-refractivity contribution is 1.32. The van der Waals surface area contributed by atoms with Gasteiger partial charge in [0.05, 0.1) is 11.4 Å². The number of nitrogens with zero attached hydrogens (tertiary/aromatic N) is 2. The molecule has 0 saturated heterocycles. The molecule has 0 amide bonds. The molecule has 0 bridgehead atoms. The first-order chi connectivity index (χ1) is 6.92. The van der Waals surface area contributed by atoms with Crippen LogP contribution < -0.4 is 0 Å². The number of hydrogen-bond donors (Lipinski definition) is 0. The summed E-state index contributed by atoms with van der Waals surface area (Å²) in [6, 6.07) is 13.7. The molecule has 2 aromatic rings. The highest BCUT2D eigenvalue weighted by molar-refractivity contribution is 5.74. The zero-order chi connectivity index (χ0) is 9.80. The highest BCUT2D eigenvalue weighted by Gasteiger charge is 2.02. The summed E-state index contributed by atoms with van der Waals surface area (Å²) in [6.45, 7) is 3.54. The van der Waals surface area contributed by atoms with Gasteiger partial charge >= 0.3 is 0 Å². The number of benzene rings is 1. The summed E-state index contributed by atoms with van der Waals surface area (Å²) >= 11 is 0. The van der Waals surface area contributed by atoms with Crippen molar-refractivity contribution in [1.82, 2.24) is 4.98 Å². The van der Waals surface area contributed by atoms with Crippen LogP contribution in [0.1, 0.15) is 0 Å². The summed E-state index contributed by atoms with van der Waals surface area (Å²) in [5.41, 5.74) is 2.81. The van der Waals surface area contributed by atoms with E-state index in [1.54, 1.807) is 6.20 Å². The molecule has 2 rings (SSSR count). The number of rotatable bonds is 2. The Morgan fingerprint density at radius 3 is 2.50 bits per heavy atom. The molecule has 0 spiro atoms. The van der Waals surface area contributed by atoms with Crippen molar-refractivity contribution < 1.29 is 0 Å². The van der Waals surface area contributed by atoms with Gasteiger partial charge in [0.2, 0.25) is 0 Å². The van der Waals surface area contributed by atoms with Crippen molar-refractivity contribution in [2.24, 2.45) is 4.99 Å². The van der Waals surface area contributed by atoms with Crippen molar-refractivity contribution in [3.8, 4) is 11.3 Å². The first-order valence-electron chi connectivity index (χ1n) is 4.39. The third-order valence-electron chi connectivity index (χ3n) is 2.02. The molecular weight excluding hydrogens is 172 g/mol. The fourth-order valence-electron chi connectivity index (χ4n) is 1.35. The Labute approximate surface area is 83.0 Å². The Morgan fingerprint density at radius 2 is 1.79 bits per heavy atom. The molecular formula is C12H10N2. The fourth-order valence-corrected chi connectivity index (χ4v) is 1.35. The van der Waals surface area contributed by atoms with Gasteiger partial charge in [-0.3, -0.25) is 9.98 Å². The Bertz CT molecular complexity index is 435. The fraction of sp³-hybridized carbons (Fsp3) is 0. The zero-order valence-electron chi connectivity index (χ0n) is 7.72. The maximum Gasteiger partial charge on any atom is 0.0723 e. The van der Waals surface area contributed by atoms with Gasteiger partial charge in [0.1, 0.15) is 0 Å². The lowest BCUT2D eigenvalue weighted by atomic mass is 10.1. The van der Waals surface area contributed by atoms with Crippen LogP contribution in [-0.2, 0) is 0 Å². The van der Waals surface area contributed by atoms with Gasteiger partial charge in [-0.15, -0.1) is 0 Å². The van der Waals surface area contributed by atoms with Crippen molar-refractivity contribution in [1.29, 1.82) is 0 Å². The Balaban J connectivity index is 2.57. The maximum absolute atomic E-state index is 4.27. The summed E-state index contributed by atoms with van der Waals surface area (Å²) < 4.78 is 0. The van der Waals surface area contributed by atoms with Gasteiger partial charge in [0.25, 0.3) is 0 Å². The second-order valence-corrected chi connectivity index (χ2v) is 2.89. The van der Waals surface area contributed by atoms with Crippen molar-refractivity contribution in [3.05, 3.63) is 48.7 Å². The molecule has 0 radical (unpaired) electrons. The van der Waals surface area contributed by atoms with E-state index in [1.165, 1.54) is 0 Å². The highest BCUT2D eigenvalue weighted by Crippen LogP contribution is 2.27. The van der Waals surface area contributed by atoms with Gasteiger partial charge in [-0.25, -0.2) is 0 Å². The Hall–Kier alpha value is -1.96. The molecule has 0 atom stereocenters. The predicted molar refractivity (Wildman–Crippen MR) is 58.9 cm³/mol. The number of aliphatic imine (C=N–C) groups is 1. The molecule has 0 aliphatic heterocycles. The van der Waals surface area contributed by atoms with Crippen LogP contribution >= 0.6 is 0 Å². The van der Waals surface area contributed by atoms with Gasteiger partial charge < -0.3 is 0 Å². The molecule has 0 aliphatic rings. The molecule has 2 heteroatoms. The van der Waals surface area contributed by atoms with E-state index in [0.29, 0.717) is 0 Å². The van der Waals surface area contributed by atoms with E-state index in [9.17, 15) is 0 Å². The highest BCUT2D eigenvalue weighted by atomic mass is 14.7. The van der Waals surface area contributed by atoms with Crippen molar-refractivity contribution in [2.75, 3.05) is 0 Å². The number of para-hydroxylation sites is 1. The second-order valence-electron chi connectivity index (χ2n) is 2.89. The van der Waals surface area contributed by atoms with Gasteiger partial charge in [-0.2, -0.15) is 0 Å². The average Bonchev–Trinajstić information content (AvgIpc) is 2.30. The third kappa shape index (κ3) is 1.55. The van der Waals surface area contributed by atoms with Crippen LogP contribution in [0.4, 0.5) is 5.69 Å². The zero-order valence-corrected chi connectivity index (χ0v) is 7.72. The lowest BCUT2D eigenvalue weighted by Crippen LogP contribution is -1.81. The third-order valence-corrected chi connectivity index (χ3v) is 2.02. The van der Waals surface area contributed by atoms with E-state index in [1.807, 2.05) is 42.5 Å². The minimum atomic E-state index is 0.867. The summed E-state index contributed by atoms with van der Waals surface area (Å²) in [4.78, 5) is 8.23. The predicted octanol–water partition coefficient (Wildman–Crippen LogP) is 3.08. The minimum Gasteiger partial charge on any atom is -0.264 e. The van der Waals surface area contributed by atoms with Crippen LogP contribution in [0.2, 0.25) is 0 Å². The summed E-state index contributed by atoms with van der Waals surface area (Å²) in [5, 5.41) is 0. The van der Waals surface area contributed by atoms with Gasteiger partial charge in [-0.05, 0) is 24.9 Å². The standard InChI is InChI=1S/C12H10N2/c1-13-11-7-3-2-6-10(11)12-8-4-5-9-14-12/h2-9H,1H2. The number of hydrogen-bond acceptors (Lipinski definition) is 2. The molecule has 0 unspecified atom stereocenters. The number of aromatic nitrogens is 1. The van der Waals surface area contributed by atoms with E-state index in [-0.39, 0.29) is 0 Å². The maximum atomic E-state index is 4.27.